The van der Waals surface area contributed by atoms with Crippen molar-refractivity contribution >= 4 is 5.91 Å². The van der Waals surface area contributed by atoms with E-state index in [1.807, 2.05) is 18.7 Å². The van der Waals surface area contributed by atoms with E-state index in [1.165, 1.54) is 12.5 Å². The molecule has 4 heterocycles. The zero-order chi connectivity index (χ0) is 18.1. The van der Waals surface area contributed by atoms with Crippen LogP contribution in [0.25, 0.3) is 11.6 Å². The fraction of sp³-hybridized carbons (Fsp3) is 0.471. The lowest BCUT2D eigenvalue weighted by molar-refractivity contribution is 0.0671. The van der Waals surface area contributed by atoms with Crippen LogP contribution in [-0.4, -0.2) is 49.0 Å². The first-order valence-electron chi connectivity index (χ1n) is 8.69. The Morgan fingerprint density at radius 3 is 3.00 bits per heavy atom. The van der Waals surface area contributed by atoms with Gasteiger partial charge >= 0.3 is 0 Å². The molecule has 0 spiro atoms. The largest absolute Gasteiger partial charge is 0.472 e. The van der Waals surface area contributed by atoms with E-state index in [9.17, 15) is 4.79 Å². The summed E-state index contributed by atoms with van der Waals surface area (Å²) in [5, 5.41) is 12.3. The van der Waals surface area contributed by atoms with Gasteiger partial charge in [0.2, 0.25) is 0 Å². The molecule has 26 heavy (non-hydrogen) atoms. The fourth-order valence-corrected chi connectivity index (χ4v) is 3.05. The van der Waals surface area contributed by atoms with Crippen molar-refractivity contribution in [2.75, 3.05) is 13.1 Å². The number of aromatic nitrogens is 5. The number of nitrogens with zero attached hydrogens (tertiary/aromatic N) is 6. The number of likely N-dealkylation sites (tertiary alicyclic amines) is 1. The minimum Gasteiger partial charge on any atom is -0.472 e. The molecule has 3 aromatic heterocycles. The first kappa shape index (κ1) is 16.5. The van der Waals surface area contributed by atoms with Crippen LogP contribution in [0.4, 0.5) is 0 Å². The Hall–Kier alpha value is -2.97. The second kappa shape index (κ2) is 6.74. The highest BCUT2D eigenvalue weighted by Gasteiger charge is 2.27. The molecule has 3 aromatic rings. The zero-order valence-corrected chi connectivity index (χ0v) is 14.7. The van der Waals surface area contributed by atoms with Gasteiger partial charge in [-0.1, -0.05) is 24.2 Å². The highest BCUT2D eigenvalue weighted by Crippen LogP contribution is 2.24. The number of hydrogen-bond donors (Lipinski definition) is 0. The number of piperidine rings is 1. The van der Waals surface area contributed by atoms with Crippen LogP contribution in [0.2, 0.25) is 0 Å². The minimum absolute atomic E-state index is 0.0257. The lowest BCUT2D eigenvalue weighted by atomic mass is 10.1. The number of carbonyl (C=O) groups excluding carboxylic acids is 1. The van der Waals surface area contributed by atoms with Crippen molar-refractivity contribution < 1.29 is 13.7 Å². The number of rotatable bonds is 4. The fourth-order valence-electron chi connectivity index (χ4n) is 3.05. The van der Waals surface area contributed by atoms with E-state index in [1.54, 1.807) is 16.9 Å². The molecule has 4 rings (SSSR count). The van der Waals surface area contributed by atoms with Crippen molar-refractivity contribution in [2.24, 2.45) is 0 Å². The number of furan rings is 1. The third-order valence-corrected chi connectivity index (χ3v) is 4.51. The summed E-state index contributed by atoms with van der Waals surface area (Å²) in [6, 6.07) is 1.75. The van der Waals surface area contributed by atoms with E-state index in [0.29, 0.717) is 29.5 Å². The summed E-state index contributed by atoms with van der Waals surface area (Å²) in [5.74, 6) is 1.16. The Bertz CT molecular complexity index is 882. The molecule has 0 bridgehead atoms. The highest BCUT2D eigenvalue weighted by atomic mass is 16.5. The quantitative estimate of drug-likeness (QED) is 0.707. The first-order valence-corrected chi connectivity index (χ1v) is 8.69. The van der Waals surface area contributed by atoms with Gasteiger partial charge in [-0.15, -0.1) is 5.10 Å². The third kappa shape index (κ3) is 3.12. The molecule has 0 aliphatic carbocycles. The van der Waals surface area contributed by atoms with Crippen LogP contribution in [0.5, 0.6) is 0 Å². The SMILES string of the molecule is CC(C)c1noc(-c2cn(C3CCCN(C(=O)c4ccoc4)C3)nn2)n1. The maximum atomic E-state index is 12.5. The van der Waals surface area contributed by atoms with Crippen molar-refractivity contribution in [1.82, 2.24) is 30.0 Å². The second-order valence-corrected chi connectivity index (χ2v) is 6.76. The molecule has 1 unspecified atom stereocenters. The monoisotopic (exact) mass is 356 g/mol. The van der Waals surface area contributed by atoms with Crippen molar-refractivity contribution in [1.29, 1.82) is 0 Å². The number of carbonyl (C=O) groups is 1. The predicted octanol–water partition coefficient (Wildman–Crippen LogP) is 2.52. The van der Waals surface area contributed by atoms with E-state index in [0.717, 1.165) is 19.4 Å². The van der Waals surface area contributed by atoms with Gasteiger partial charge in [-0.25, -0.2) is 4.68 Å². The molecule has 1 aliphatic heterocycles. The van der Waals surface area contributed by atoms with Crippen molar-refractivity contribution in [3.8, 4) is 11.6 Å². The van der Waals surface area contributed by atoms with Gasteiger partial charge in [-0.05, 0) is 18.9 Å². The van der Waals surface area contributed by atoms with Gasteiger partial charge in [0.25, 0.3) is 11.8 Å². The van der Waals surface area contributed by atoms with Crippen LogP contribution in [0.3, 0.4) is 0 Å². The van der Waals surface area contributed by atoms with Crippen molar-refractivity contribution in [3.63, 3.8) is 0 Å². The first-order chi connectivity index (χ1) is 12.6. The lowest BCUT2D eigenvalue weighted by Crippen LogP contribution is -2.40. The van der Waals surface area contributed by atoms with E-state index in [2.05, 4.69) is 20.5 Å². The molecule has 1 amide bonds. The Kier molecular flexibility index (Phi) is 4.27. The molecule has 136 valence electrons. The minimum atomic E-state index is -0.0257. The molecule has 9 heteroatoms. The summed E-state index contributed by atoms with van der Waals surface area (Å²) < 4.78 is 12.1. The molecule has 9 nitrogen and oxygen atoms in total. The Morgan fingerprint density at radius 2 is 2.27 bits per heavy atom. The standard InChI is InChI=1S/C17H20N6O3/c1-11(2)15-18-16(26-20-15)14-9-23(21-19-14)13-4-3-6-22(8-13)17(24)12-5-7-25-10-12/h5,7,9-11,13H,3-4,6,8H2,1-2H3. The maximum absolute atomic E-state index is 12.5. The average molecular weight is 356 g/mol. The number of hydrogen-bond acceptors (Lipinski definition) is 7. The average Bonchev–Trinajstić information content (AvgIpc) is 3.42. The van der Waals surface area contributed by atoms with Gasteiger partial charge in [0.05, 0.1) is 24.1 Å². The summed E-state index contributed by atoms with van der Waals surface area (Å²) >= 11 is 0. The van der Waals surface area contributed by atoms with Gasteiger partial charge in [0.15, 0.2) is 11.5 Å². The molecular formula is C17H20N6O3. The molecule has 1 atom stereocenters. The van der Waals surface area contributed by atoms with Crippen LogP contribution in [0, 0.1) is 0 Å². The predicted molar refractivity (Wildman–Crippen MR) is 90.3 cm³/mol. The topological polar surface area (TPSA) is 103 Å². The summed E-state index contributed by atoms with van der Waals surface area (Å²) in [6.07, 6.45) is 6.62. The van der Waals surface area contributed by atoms with Crippen LogP contribution < -0.4 is 0 Å². The van der Waals surface area contributed by atoms with Gasteiger partial charge in [-0.2, -0.15) is 4.98 Å². The van der Waals surface area contributed by atoms with Crippen molar-refractivity contribution in [2.45, 2.75) is 38.6 Å². The summed E-state index contributed by atoms with van der Waals surface area (Å²) in [5.41, 5.74) is 1.11. The molecule has 1 fully saturated rings. The third-order valence-electron chi connectivity index (χ3n) is 4.51. The van der Waals surface area contributed by atoms with Crippen LogP contribution in [0.1, 0.15) is 54.8 Å². The Balaban J connectivity index is 1.49. The van der Waals surface area contributed by atoms with Crippen LogP contribution >= 0.6 is 0 Å². The van der Waals surface area contributed by atoms with E-state index in [4.69, 9.17) is 8.94 Å². The Labute approximate surface area is 150 Å². The van der Waals surface area contributed by atoms with E-state index in [-0.39, 0.29) is 17.9 Å². The van der Waals surface area contributed by atoms with E-state index >= 15 is 0 Å². The summed E-state index contributed by atoms with van der Waals surface area (Å²) in [6.45, 7) is 5.30. The maximum Gasteiger partial charge on any atom is 0.280 e. The van der Waals surface area contributed by atoms with E-state index < -0.39 is 0 Å². The highest BCUT2D eigenvalue weighted by molar-refractivity contribution is 5.93. The molecule has 0 aromatic carbocycles. The normalized spacial score (nSPS) is 17.8. The van der Waals surface area contributed by atoms with Crippen LogP contribution in [-0.2, 0) is 0 Å². The van der Waals surface area contributed by atoms with Gasteiger partial charge < -0.3 is 13.8 Å². The molecule has 0 saturated carbocycles. The number of amides is 1. The molecule has 0 N–H and O–H groups in total. The molecule has 0 radical (unpaired) electrons. The zero-order valence-electron chi connectivity index (χ0n) is 14.7. The Morgan fingerprint density at radius 1 is 1.38 bits per heavy atom. The molecule has 1 saturated heterocycles. The van der Waals surface area contributed by atoms with Crippen LogP contribution in [0.15, 0.2) is 33.7 Å². The summed E-state index contributed by atoms with van der Waals surface area (Å²) in [4.78, 5) is 18.7. The lowest BCUT2D eigenvalue weighted by Gasteiger charge is -2.32. The smallest absolute Gasteiger partial charge is 0.280 e. The second-order valence-electron chi connectivity index (χ2n) is 6.76. The van der Waals surface area contributed by atoms with Gasteiger partial charge in [-0.3, -0.25) is 4.79 Å². The summed E-state index contributed by atoms with van der Waals surface area (Å²) in [7, 11) is 0. The van der Waals surface area contributed by atoms with Crippen molar-refractivity contribution in [3.05, 3.63) is 36.2 Å². The van der Waals surface area contributed by atoms with Gasteiger partial charge in [0, 0.05) is 19.0 Å². The van der Waals surface area contributed by atoms with Gasteiger partial charge in [0.1, 0.15) is 6.26 Å². The molecular weight excluding hydrogens is 336 g/mol. The molecule has 1 aliphatic rings.